The fourth-order valence-corrected chi connectivity index (χ4v) is 2.58. The van der Waals surface area contributed by atoms with Gasteiger partial charge in [0.2, 0.25) is 5.91 Å². The van der Waals surface area contributed by atoms with Crippen LogP contribution in [0.4, 0.5) is 18.9 Å². The van der Waals surface area contributed by atoms with E-state index in [1.807, 2.05) is 0 Å². The van der Waals surface area contributed by atoms with E-state index in [2.05, 4.69) is 10.1 Å². The van der Waals surface area contributed by atoms with Gasteiger partial charge in [-0.05, 0) is 37.1 Å². The molecule has 1 aliphatic rings. The minimum absolute atomic E-state index is 0. The Morgan fingerprint density at radius 3 is 2.23 bits per heavy atom. The number of amides is 1. The second-order valence-electron chi connectivity index (χ2n) is 5.22. The number of anilines is 1. The molecule has 0 heterocycles. The number of benzene rings is 1. The molecule has 2 rings (SSSR count). The van der Waals surface area contributed by atoms with Crippen LogP contribution < -0.4 is 15.8 Å². The van der Waals surface area contributed by atoms with E-state index in [1.54, 1.807) is 0 Å². The Balaban J connectivity index is 0.00000242. The van der Waals surface area contributed by atoms with Gasteiger partial charge < -0.3 is 15.8 Å². The van der Waals surface area contributed by atoms with Gasteiger partial charge in [0.25, 0.3) is 0 Å². The molecule has 0 atom stereocenters. The molecule has 1 amide bonds. The molecule has 1 aliphatic carbocycles. The molecule has 1 aromatic rings. The minimum Gasteiger partial charge on any atom is -0.406 e. The lowest BCUT2D eigenvalue weighted by Crippen LogP contribution is -2.40. The number of alkyl halides is 3. The van der Waals surface area contributed by atoms with Crippen LogP contribution in [0.15, 0.2) is 24.3 Å². The average Bonchev–Trinajstić information content (AvgIpc) is 2.89. The summed E-state index contributed by atoms with van der Waals surface area (Å²) in [4.78, 5) is 12.3. The first-order chi connectivity index (χ1) is 9.85. The number of halogens is 4. The number of hydrogen-bond donors (Lipinski definition) is 2. The fourth-order valence-electron chi connectivity index (χ4n) is 2.58. The quantitative estimate of drug-likeness (QED) is 0.883. The highest BCUT2D eigenvalue weighted by Gasteiger charge is 2.39. The molecule has 1 aromatic carbocycles. The molecule has 0 aromatic heterocycles. The predicted octanol–water partition coefficient (Wildman–Crippen LogP) is 3.46. The van der Waals surface area contributed by atoms with Gasteiger partial charge in [0.15, 0.2) is 0 Å². The third kappa shape index (κ3) is 4.51. The maximum absolute atomic E-state index is 12.3. The second kappa shape index (κ2) is 7.19. The van der Waals surface area contributed by atoms with E-state index in [1.165, 1.54) is 12.1 Å². The largest absolute Gasteiger partial charge is 0.573 e. The van der Waals surface area contributed by atoms with Crippen molar-refractivity contribution in [1.29, 1.82) is 0 Å². The van der Waals surface area contributed by atoms with Crippen molar-refractivity contribution >= 4 is 24.0 Å². The first-order valence-corrected chi connectivity index (χ1v) is 6.72. The highest BCUT2D eigenvalue weighted by atomic mass is 35.5. The van der Waals surface area contributed by atoms with E-state index < -0.39 is 11.8 Å². The van der Waals surface area contributed by atoms with Crippen LogP contribution in [0.25, 0.3) is 0 Å². The van der Waals surface area contributed by atoms with Gasteiger partial charge >= 0.3 is 6.36 Å². The second-order valence-corrected chi connectivity index (χ2v) is 5.22. The first kappa shape index (κ1) is 18.6. The summed E-state index contributed by atoms with van der Waals surface area (Å²) in [6.07, 6.45) is -1.32. The van der Waals surface area contributed by atoms with Crippen molar-refractivity contribution in [2.24, 2.45) is 11.1 Å². The zero-order chi connectivity index (χ0) is 15.5. The lowest BCUT2D eigenvalue weighted by molar-refractivity contribution is -0.274. The third-order valence-corrected chi connectivity index (χ3v) is 3.78. The topological polar surface area (TPSA) is 64.4 Å². The van der Waals surface area contributed by atoms with Crippen molar-refractivity contribution in [3.63, 3.8) is 0 Å². The van der Waals surface area contributed by atoms with Crippen molar-refractivity contribution in [3.8, 4) is 5.75 Å². The van der Waals surface area contributed by atoms with Crippen LogP contribution in [0, 0.1) is 5.41 Å². The maximum Gasteiger partial charge on any atom is 0.573 e. The molecule has 1 saturated carbocycles. The van der Waals surface area contributed by atoms with Crippen LogP contribution in [0.1, 0.15) is 25.7 Å². The molecule has 4 nitrogen and oxygen atoms in total. The SMILES string of the molecule is Cl.NCC1(C(=O)Nc2ccc(OC(F)(F)F)cc2)CCCC1. The number of nitrogens with one attached hydrogen (secondary N) is 1. The molecule has 8 heteroatoms. The molecular formula is C14H18ClF3N2O2. The van der Waals surface area contributed by atoms with Crippen molar-refractivity contribution in [2.45, 2.75) is 32.0 Å². The third-order valence-electron chi connectivity index (χ3n) is 3.78. The summed E-state index contributed by atoms with van der Waals surface area (Å²) < 4.78 is 39.9. The maximum atomic E-state index is 12.3. The van der Waals surface area contributed by atoms with E-state index >= 15 is 0 Å². The van der Waals surface area contributed by atoms with Crippen LogP contribution in [0.3, 0.4) is 0 Å². The molecule has 0 radical (unpaired) electrons. The van der Waals surface area contributed by atoms with Crippen LogP contribution in [0.2, 0.25) is 0 Å². The smallest absolute Gasteiger partial charge is 0.406 e. The normalized spacial score (nSPS) is 16.7. The van der Waals surface area contributed by atoms with Crippen molar-refractivity contribution in [1.82, 2.24) is 0 Å². The number of hydrogen-bond acceptors (Lipinski definition) is 3. The summed E-state index contributed by atoms with van der Waals surface area (Å²) in [5.74, 6) is -0.498. The number of rotatable bonds is 4. The fraction of sp³-hybridized carbons (Fsp3) is 0.500. The molecule has 0 saturated heterocycles. The highest BCUT2D eigenvalue weighted by molar-refractivity contribution is 5.95. The number of carbonyl (C=O) groups is 1. The minimum atomic E-state index is -4.72. The van der Waals surface area contributed by atoms with Crippen molar-refractivity contribution in [3.05, 3.63) is 24.3 Å². The summed E-state index contributed by atoms with van der Waals surface area (Å²) in [6, 6.07) is 5.07. The molecule has 1 fully saturated rings. The average molecular weight is 339 g/mol. The summed E-state index contributed by atoms with van der Waals surface area (Å²) in [7, 11) is 0. The van der Waals surface area contributed by atoms with Crippen molar-refractivity contribution < 1.29 is 22.7 Å². The van der Waals surface area contributed by atoms with Crippen LogP contribution >= 0.6 is 12.4 Å². The van der Waals surface area contributed by atoms with Gasteiger partial charge in [0.05, 0.1) is 5.41 Å². The summed E-state index contributed by atoms with van der Waals surface area (Å²) in [6.45, 7) is 0.272. The van der Waals surface area contributed by atoms with E-state index in [0.717, 1.165) is 37.8 Å². The Hall–Kier alpha value is -1.47. The zero-order valence-electron chi connectivity index (χ0n) is 11.8. The molecule has 124 valence electrons. The molecule has 3 N–H and O–H groups in total. The van der Waals surface area contributed by atoms with Gasteiger partial charge in [0.1, 0.15) is 5.75 Å². The van der Waals surface area contributed by atoms with Crippen molar-refractivity contribution in [2.75, 3.05) is 11.9 Å². The summed E-state index contributed by atoms with van der Waals surface area (Å²) >= 11 is 0. The Morgan fingerprint density at radius 2 is 1.77 bits per heavy atom. The first-order valence-electron chi connectivity index (χ1n) is 6.72. The molecule has 0 unspecified atom stereocenters. The Bertz CT molecular complexity index is 500. The molecule has 0 bridgehead atoms. The van der Waals surface area contributed by atoms with E-state index in [-0.39, 0.29) is 30.6 Å². The monoisotopic (exact) mass is 338 g/mol. The highest BCUT2D eigenvalue weighted by Crippen LogP contribution is 2.38. The lowest BCUT2D eigenvalue weighted by atomic mass is 9.85. The summed E-state index contributed by atoms with van der Waals surface area (Å²) in [5, 5.41) is 2.71. The van der Waals surface area contributed by atoms with Gasteiger partial charge in [-0.2, -0.15) is 0 Å². The van der Waals surface area contributed by atoms with Gasteiger partial charge in [0, 0.05) is 12.2 Å². The van der Waals surface area contributed by atoms with Crippen LogP contribution in [-0.2, 0) is 4.79 Å². The Labute approximate surface area is 132 Å². The number of carbonyl (C=O) groups excluding carboxylic acids is 1. The predicted molar refractivity (Wildman–Crippen MR) is 79.0 cm³/mol. The van der Waals surface area contributed by atoms with E-state index in [9.17, 15) is 18.0 Å². The van der Waals surface area contributed by atoms with Crippen LogP contribution in [-0.4, -0.2) is 18.8 Å². The van der Waals surface area contributed by atoms with Gasteiger partial charge in [-0.1, -0.05) is 12.8 Å². The van der Waals surface area contributed by atoms with Gasteiger partial charge in [-0.15, -0.1) is 25.6 Å². The summed E-state index contributed by atoms with van der Waals surface area (Å²) in [5.41, 5.74) is 5.58. The Kier molecular flexibility index (Phi) is 6.08. The van der Waals surface area contributed by atoms with Crippen LogP contribution in [0.5, 0.6) is 5.75 Å². The molecule has 0 spiro atoms. The molecular weight excluding hydrogens is 321 g/mol. The number of ether oxygens (including phenoxy) is 1. The van der Waals surface area contributed by atoms with E-state index in [0.29, 0.717) is 5.69 Å². The number of nitrogens with two attached hydrogens (primary N) is 1. The lowest BCUT2D eigenvalue weighted by Gasteiger charge is -2.25. The Morgan fingerprint density at radius 1 is 1.23 bits per heavy atom. The molecule has 22 heavy (non-hydrogen) atoms. The van der Waals surface area contributed by atoms with Gasteiger partial charge in [-0.25, -0.2) is 0 Å². The molecule has 0 aliphatic heterocycles. The zero-order valence-corrected chi connectivity index (χ0v) is 12.6. The van der Waals surface area contributed by atoms with E-state index in [4.69, 9.17) is 5.73 Å². The van der Waals surface area contributed by atoms with Gasteiger partial charge in [-0.3, -0.25) is 4.79 Å². The standard InChI is InChI=1S/C14H17F3N2O2.ClH/c15-14(16,17)21-11-5-3-10(4-6-11)19-12(20)13(9-18)7-1-2-8-13;/h3-6H,1-2,7-9,18H2,(H,19,20);1H.